The maximum Gasteiger partial charge on any atom is 0.334 e. The van der Waals surface area contributed by atoms with Gasteiger partial charge in [0.2, 0.25) is 11.5 Å². The van der Waals surface area contributed by atoms with Crippen molar-refractivity contribution in [3.8, 4) is 11.5 Å². The second-order valence-corrected chi connectivity index (χ2v) is 4.04. The highest BCUT2D eigenvalue weighted by atomic mass is 16.6. The van der Waals surface area contributed by atoms with Gasteiger partial charge in [-0.05, 0) is 18.2 Å². The van der Waals surface area contributed by atoms with E-state index >= 15 is 0 Å². The lowest BCUT2D eigenvalue weighted by Crippen LogP contribution is -2.00. The molecular weight excluding hydrogens is 280 g/mol. The number of ether oxygens (including phenoxy) is 1. The predicted octanol–water partition coefficient (Wildman–Crippen LogP) is 2.46. The molecule has 0 aliphatic rings. The molecule has 2 aromatic carbocycles. The average molecular weight is 290 g/mol. The molecule has 0 saturated carbocycles. The van der Waals surface area contributed by atoms with Crippen molar-refractivity contribution in [3.05, 3.63) is 56.6 Å². The zero-order valence-electron chi connectivity index (χ0n) is 10.6. The summed E-state index contributed by atoms with van der Waals surface area (Å²) in [4.78, 5) is 20.5. The molecule has 0 bridgehead atoms. The standard InChI is InChI=1S/C12H10N4O5/c13-7-4-5-9(15(17)18)11(6-7)21-10-3-1-2-8(14)12(10)16(19)20/h1-6H,13-14H2. The van der Waals surface area contributed by atoms with Crippen LogP contribution in [-0.2, 0) is 0 Å². The van der Waals surface area contributed by atoms with E-state index in [0.29, 0.717) is 0 Å². The van der Waals surface area contributed by atoms with E-state index in [0.717, 1.165) is 6.07 Å². The summed E-state index contributed by atoms with van der Waals surface area (Å²) in [5.74, 6) is -0.401. The molecule has 0 atom stereocenters. The summed E-state index contributed by atoms with van der Waals surface area (Å²) in [6.07, 6.45) is 0. The number of para-hydroxylation sites is 1. The van der Waals surface area contributed by atoms with Gasteiger partial charge in [-0.2, -0.15) is 0 Å². The molecule has 0 heterocycles. The summed E-state index contributed by atoms with van der Waals surface area (Å²) in [7, 11) is 0. The van der Waals surface area contributed by atoms with Crippen LogP contribution in [0.15, 0.2) is 36.4 Å². The predicted molar refractivity (Wildman–Crippen MR) is 75.1 cm³/mol. The van der Waals surface area contributed by atoms with Gasteiger partial charge in [-0.25, -0.2) is 0 Å². The highest BCUT2D eigenvalue weighted by Gasteiger charge is 2.23. The van der Waals surface area contributed by atoms with Crippen LogP contribution in [0.4, 0.5) is 22.7 Å². The van der Waals surface area contributed by atoms with Crippen molar-refractivity contribution in [2.24, 2.45) is 0 Å². The molecule has 0 aromatic heterocycles. The van der Waals surface area contributed by atoms with E-state index in [4.69, 9.17) is 16.2 Å². The van der Waals surface area contributed by atoms with Crippen LogP contribution in [0.25, 0.3) is 0 Å². The SMILES string of the molecule is Nc1ccc([N+](=O)[O-])c(Oc2cccc(N)c2[N+](=O)[O-])c1. The summed E-state index contributed by atoms with van der Waals surface area (Å²) >= 11 is 0. The van der Waals surface area contributed by atoms with Crippen LogP contribution in [0.2, 0.25) is 0 Å². The van der Waals surface area contributed by atoms with Crippen LogP contribution in [-0.4, -0.2) is 9.85 Å². The Labute approximate surface area is 118 Å². The van der Waals surface area contributed by atoms with Crippen molar-refractivity contribution in [1.29, 1.82) is 0 Å². The van der Waals surface area contributed by atoms with Gasteiger partial charge in [0.1, 0.15) is 5.69 Å². The van der Waals surface area contributed by atoms with Gasteiger partial charge in [-0.1, -0.05) is 6.07 Å². The zero-order chi connectivity index (χ0) is 15.6. The van der Waals surface area contributed by atoms with Gasteiger partial charge in [-0.15, -0.1) is 0 Å². The molecule has 0 amide bonds. The zero-order valence-corrected chi connectivity index (χ0v) is 10.6. The van der Waals surface area contributed by atoms with Crippen molar-refractivity contribution >= 4 is 22.7 Å². The molecule has 0 saturated heterocycles. The van der Waals surface area contributed by atoms with Crippen molar-refractivity contribution in [2.75, 3.05) is 11.5 Å². The summed E-state index contributed by atoms with van der Waals surface area (Å²) in [6, 6.07) is 7.77. The molecule has 0 aliphatic heterocycles. The van der Waals surface area contributed by atoms with Gasteiger partial charge < -0.3 is 16.2 Å². The Morgan fingerprint density at radius 1 is 0.952 bits per heavy atom. The lowest BCUT2D eigenvalue weighted by atomic mass is 10.2. The number of nitrogens with zero attached hydrogens (tertiary/aromatic N) is 2. The van der Waals surface area contributed by atoms with Crippen LogP contribution < -0.4 is 16.2 Å². The number of benzene rings is 2. The van der Waals surface area contributed by atoms with Crippen LogP contribution in [0.5, 0.6) is 11.5 Å². The molecule has 9 heteroatoms. The van der Waals surface area contributed by atoms with Gasteiger partial charge in [0.05, 0.1) is 9.85 Å². The van der Waals surface area contributed by atoms with Gasteiger partial charge in [-0.3, -0.25) is 20.2 Å². The topological polar surface area (TPSA) is 148 Å². The summed E-state index contributed by atoms with van der Waals surface area (Å²) in [5.41, 5.74) is 10.4. The third-order valence-corrected chi connectivity index (χ3v) is 2.61. The maximum atomic E-state index is 11.0. The van der Waals surface area contributed by atoms with E-state index in [1.807, 2.05) is 0 Å². The van der Waals surface area contributed by atoms with Crippen molar-refractivity contribution < 1.29 is 14.6 Å². The van der Waals surface area contributed by atoms with Gasteiger partial charge in [0.15, 0.2) is 0 Å². The number of nitrogen functional groups attached to an aromatic ring is 2. The lowest BCUT2D eigenvalue weighted by Gasteiger charge is -2.08. The first-order valence-electron chi connectivity index (χ1n) is 5.65. The Bertz CT molecular complexity index is 732. The molecule has 2 rings (SSSR count). The minimum absolute atomic E-state index is 0.107. The maximum absolute atomic E-state index is 11.0. The van der Waals surface area contributed by atoms with E-state index in [-0.39, 0.29) is 28.6 Å². The number of rotatable bonds is 4. The summed E-state index contributed by atoms with van der Waals surface area (Å²) < 4.78 is 5.28. The molecule has 108 valence electrons. The fraction of sp³-hybridized carbons (Fsp3) is 0. The molecular formula is C12H10N4O5. The number of nitro benzene ring substituents is 2. The van der Waals surface area contributed by atoms with Crippen LogP contribution in [0.3, 0.4) is 0 Å². The average Bonchev–Trinajstić information content (AvgIpc) is 2.37. The van der Waals surface area contributed by atoms with Gasteiger partial charge in [0.25, 0.3) is 0 Å². The van der Waals surface area contributed by atoms with Crippen molar-refractivity contribution in [1.82, 2.24) is 0 Å². The second-order valence-electron chi connectivity index (χ2n) is 4.04. The first-order chi connectivity index (χ1) is 9.90. The molecule has 0 radical (unpaired) electrons. The fourth-order valence-corrected chi connectivity index (χ4v) is 1.70. The van der Waals surface area contributed by atoms with Crippen LogP contribution in [0, 0.1) is 20.2 Å². The molecule has 9 nitrogen and oxygen atoms in total. The lowest BCUT2D eigenvalue weighted by molar-refractivity contribution is -0.387. The Kier molecular flexibility index (Phi) is 3.57. The van der Waals surface area contributed by atoms with Crippen molar-refractivity contribution in [2.45, 2.75) is 0 Å². The van der Waals surface area contributed by atoms with Gasteiger partial charge in [0, 0.05) is 17.8 Å². The molecule has 2 aromatic rings. The largest absolute Gasteiger partial charge is 0.443 e. The monoisotopic (exact) mass is 290 g/mol. The van der Waals surface area contributed by atoms with Crippen LogP contribution >= 0.6 is 0 Å². The Balaban J connectivity index is 2.53. The minimum atomic E-state index is -0.719. The number of anilines is 2. The van der Waals surface area contributed by atoms with E-state index in [2.05, 4.69) is 0 Å². The van der Waals surface area contributed by atoms with E-state index in [1.165, 1.54) is 30.3 Å². The number of hydrogen-bond acceptors (Lipinski definition) is 7. The first kappa shape index (κ1) is 14.1. The molecule has 4 N–H and O–H groups in total. The molecule has 21 heavy (non-hydrogen) atoms. The Morgan fingerprint density at radius 3 is 2.29 bits per heavy atom. The highest BCUT2D eigenvalue weighted by molar-refractivity contribution is 5.67. The highest BCUT2D eigenvalue weighted by Crippen LogP contribution is 2.39. The van der Waals surface area contributed by atoms with Crippen LogP contribution in [0.1, 0.15) is 0 Å². The Morgan fingerprint density at radius 2 is 1.67 bits per heavy atom. The third kappa shape index (κ3) is 2.81. The molecule has 0 unspecified atom stereocenters. The molecule has 0 aliphatic carbocycles. The van der Waals surface area contributed by atoms with Crippen molar-refractivity contribution in [3.63, 3.8) is 0 Å². The van der Waals surface area contributed by atoms with E-state index < -0.39 is 15.5 Å². The second kappa shape index (κ2) is 5.33. The summed E-state index contributed by atoms with van der Waals surface area (Å²) in [5, 5.41) is 21.9. The molecule has 0 spiro atoms. The number of hydrogen-bond donors (Lipinski definition) is 2. The first-order valence-corrected chi connectivity index (χ1v) is 5.65. The van der Waals surface area contributed by atoms with Gasteiger partial charge >= 0.3 is 11.4 Å². The third-order valence-electron chi connectivity index (χ3n) is 2.61. The Hall–Kier alpha value is -3.36. The quantitative estimate of drug-likeness (QED) is 0.499. The summed E-state index contributed by atoms with van der Waals surface area (Å²) in [6.45, 7) is 0. The van der Waals surface area contributed by atoms with E-state index in [9.17, 15) is 20.2 Å². The fourth-order valence-electron chi connectivity index (χ4n) is 1.70. The normalized spacial score (nSPS) is 10.1. The number of nitro groups is 2. The van der Waals surface area contributed by atoms with E-state index in [1.54, 1.807) is 0 Å². The molecule has 0 fully saturated rings. The number of nitrogens with two attached hydrogens (primary N) is 2. The minimum Gasteiger partial charge on any atom is -0.443 e. The smallest absolute Gasteiger partial charge is 0.334 e.